The number of nitrogens with one attached hydrogen (secondary N) is 1. The van der Waals surface area contributed by atoms with Gasteiger partial charge in [-0.25, -0.2) is 0 Å². The summed E-state index contributed by atoms with van der Waals surface area (Å²) in [5.41, 5.74) is 2.20. The second kappa shape index (κ2) is 4.49. The SMILES string of the molecule is CC(C)c1c[nH]c(=S)n1-c1cnn(C(C)C)c1. The molecule has 0 bridgehead atoms. The molecule has 0 amide bonds. The predicted molar refractivity (Wildman–Crippen MR) is 71.2 cm³/mol. The smallest absolute Gasteiger partial charge is 0.182 e. The van der Waals surface area contributed by atoms with Crippen LogP contribution in [0.5, 0.6) is 0 Å². The third kappa shape index (κ3) is 2.20. The first-order chi connectivity index (χ1) is 8.00. The van der Waals surface area contributed by atoms with Gasteiger partial charge in [0, 0.05) is 24.1 Å². The minimum atomic E-state index is 0.361. The van der Waals surface area contributed by atoms with Crippen LogP contribution in [0.15, 0.2) is 18.6 Å². The first kappa shape index (κ1) is 12.1. The summed E-state index contributed by atoms with van der Waals surface area (Å²) < 4.78 is 4.71. The number of rotatable bonds is 3. The quantitative estimate of drug-likeness (QED) is 0.847. The number of hydrogen-bond donors (Lipinski definition) is 1. The van der Waals surface area contributed by atoms with E-state index in [9.17, 15) is 0 Å². The molecule has 0 radical (unpaired) electrons. The number of imidazole rings is 1. The lowest BCUT2D eigenvalue weighted by atomic mass is 10.1. The van der Waals surface area contributed by atoms with Crippen molar-refractivity contribution in [2.45, 2.75) is 39.7 Å². The van der Waals surface area contributed by atoms with E-state index >= 15 is 0 Å². The van der Waals surface area contributed by atoms with Crippen LogP contribution >= 0.6 is 12.2 Å². The fourth-order valence-electron chi connectivity index (χ4n) is 1.80. The van der Waals surface area contributed by atoms with Crippen molar-refractivity contribution in [2.24, 2.45) is 0 Å². The third-order valence-electron chi connectivity index (χ3n) is 2.77. The molecule has 2 aromatic rings. The molecule has 0 saturated carbocycles. The fourth-order valence-corrected chi connectivity index (χ4v) is 2.07. The molecular weight excluding hydrogens is 232 g/mol. The Morgan fingerprint density at radius 3 is 2.53 bits per heavy atom. The Hall–Kier alpha value is -1.36. The lowest BCUT2D eigenvalue weighted by molar-refractivity contribution is 0.532. The minimum absolute atomic E-state index is 0.361. The standard InChI is InChI=1S/C12H18N4S/c1-8(2)11-6-13-12(17)16(11)10-5-14-15(7-10)9(3)4/h5-9H,1-4H3,(H,13,17). The van der Waals surface area contributed by atoms with Crippen molar-refractivity contribution in [1.29, 1.82) is 0 Å². The molecule has 0 aliphatic carbocycles. The van der Waals surface area contributed by atoms with Crippen LogP contribution < -0.4 is 0 Å². The van der Waals surface area contributed by atoms with Crippen LogP contribution in [0, 0.1) is 4.77 Å². The van der Waals surface area contributed by atoms with Crippen LogP contribution in [0.4, 0.5) is 0 Å². The Morgan fingerprint density at radius 2 is 2.00 bits per heavy atom. The van der Waals surface area contributed by atoms with Gasteiger partial charge in [0.1, 0.15) is 0 Å². The molecule has 92 valence electrons. The molecule has 1 N–H and O–H groups in total. The molecule has 4 nitrogen and oxygen atoms in total. The molecule has 17 heavy (non-hydrogen) atoms. The molecule has 0 atom stereocenters. The topological polar surface area (TPSA) is 38.5 Å². The van der Waals surface area contributed by atoms with Gasteiger partial charge in [-0.2, -0.15) is 5.10 Å². The van der Waals surface area contributed by atoms with E-state index in [-0.39, 0.29) is 0 Å². The summed E-state index contributed by atoms with van der Waals surface area (Å²) in [6, 6.07) is 0.361. The van der Waals surface area contributed by atoms with Gasteiger partial charge in [0.2, 0.25) is 0 Å². The second-order valence-corrected chi connectivity index (χ2v) is 5.17. The summed E-state index contributed by atoms with van der Waals surface area (Å²) in [5.74, 6) is 0.422. The lowest BCUT2D eigenvalue weighted by Crippen LogP contribution is -2.02. The minimum Gasteiger partial charge on any atom is -0.337 e. The molecule has 2 rings (SSSR count). The molecule has 2 heterocycles. The van der Waals surface area contributed by atoms with Gasteiger partial charge in [0.25, 0.3) is 0 Å². The summed E-state index contributed by atoms with van der Waals surface area (Å²) in [6.07, 6.45) is 5.86. The molecule has 0 fully saturated rings. The number of aromatic nitrogens is 4. The van der Waals surface area contributed by atoms with Gasteiger partial charge in [-0.3, -0.25) is 9.25 Å². The number of aromatic amines is 1. The van der Waals surface area contributed by atoms with Crippen LogP contribution in [0.25, 0.3) is 5.69 Å². The Kier molecular flexibility index (Phi) is 3.19. The lowest BCUT2D eigenvalue weighted by Gasteiger charge is -2.08. The van der Waals surface area contributed by atoms with Crippen molar-refractivity contribution < 1.29 is 0 Å². The maximum absolute atomic E-state index is 5.32. The highest BCUT2D eigenvalue weighted by atomic mass is 32.1. The average molecular weight is 250 g/mol. The third-order valence-corrected chi connectivity index (χ3v) is 3.07. The van der Waals surface area contributed by atoms with Gasteiger partial charge in [-0.1, -0.05) is 13.8 Å². The number of H-pyrrole nitrogens is 1. The summed E-state index contributed by atoms with van der Waals surface area (Å²) in [5, 5.41) is 4.35. The van der Waals surface area contributed by atoms with Crippen molar-refractivity contribution in [1.82, 2.24) is 19.3 Å². The monoisotopic (exact) mass is 250 g/mol. The van der Waals surface area contributed by atoms with Crippen molar-refractivity contribution in [3.05, 3.63) is 29.1 Å². The van der Waals surface area contributed by atoms with Gasteiger partial charge in [0.15, 0.2) is 4.77 Å². The van der Waals surface area contributed by atoms with Gasteiger partial charge < -0.3 is 4.98 Å². The largest absolute Gasteiger partial charge is 0.337 e. The molecule has 0 saturated heterocycles. The zero-order chi connectivity index (χ0) is 12.6. The van der Waals surface area contributed by atoms with E-state index in [1.807, 2.05) is 27.8 Å². The average Bonchev–Trinajstić information content (AvgIpc) is 2.82. The van der Waals surface area contributed by atoms with Crippen molar-refractivity contribution in [3.8, 4) is 5.69 Å². The Balaban J connectivity index is 2.52. The molecule has 0 aliphatic heterocycles. The Morgan fingerprint density at radius 1 is 1.29 bits per heavy atom. The number of hydrogen-bond acceptors (Lipinski definition) is 2. The molecule has 0 unspecified atom stereocenters. The molecule has 5 heteroatoms. The van der Waals surface area contributed by atoms with Gasteiger partial charge in [-0.15, -0.1) is 0 Å². The molecule has 2 aromatic heterocycles. The van der Waals surface area contributed by atoms with E-state index in [4.69, 9.17) is 12.2 Å². The van der Waals surface area contributed by atoms with Gasteiger partial charge in [-0.05, 0) is 32.0 Å². The van der Waals surface area contributed by atoms with Gasteiger partial charge >= 0.3 is 0 Å². The van der Waals surface area contributed by atoms with E-state index in [0.717, 1.165) is 10.5 Å². The zero-order valence-corrected chi connectivity index (χ0v) is 11.5. The number of nitrogens with zero attached hydrogens (tertiary/aromatic N) is 3. The maximum atomic E-state index is 5.32. The van der Waals surface area contributed by atoms with Crippen LogP contribution in [0.1, 0.15) is 45.3 Å². The Bertz CT molecular complexity index is 559. The van der Waals surface area contributed by atoms with E-state index in [0.29, 0.717) is 12.0 Å². The van der Waals surface area contributed by atoms with E-state index in [1.54, 1.807) is 0 Å². The summed E-state index contributed by atoms with van der Waals surface area (Å²) in [7, 11) is 0. The first-order valence-corrected chi connectivity index (χ1v) is 6.26. The normalized spacial score (nSPS) is 11.6. The fraction of sp³-hybridized carbons (Fsp3) is 0.500. The zero-order valence-electron chi connectivity index (χ0n) is 10.6. The van der Waals surface area contributed by atoms with Crippen LogP contribution in [0.3, 0.4) is 0 Å². The van der Waals surface area contributed by atoms with Crippen LogP contribution in [-0.2, 0) is 0 Å². The van der Waals surface area contributed by atoms with E-state index in [1.165, 1.54) is 5.69 Å². The molecule has 0 aromatic carbocycles. The molecule has 0 aliphatic rings. The van der Waals surface area contributed by atoms with Gasteiger partial charge in [0.05, 0.1) is 11.9 Å². The summed E-state index contributed by atoms with van der Waals surface area (Å²) >= 11 is 5.32. The van der Waals surface area contributed by atoms with Crippen LogP contribution in [0.2, 0.25) is 0 Å². The molecular formula is C12H18N4S. The summed E-state index contributed by atoms with van der Waals surface area (Å²) in [4.78, 5) is 3.10. The van der Waals surface area contributed by atoms with Crippen LogP contribution in [-0.4, -0.2) is 19.3 Å². The van der Waals surface area contributed by atoms with Crippen molar-refractivity contribution in [2.75, 3.05) is 0 Å². The van der Waals surface area contributed by atoms with Crippen molar-refractivity contribution in [3.63, 3.8) is 0 Å². The van der Waals surface area contributed by atoms with E-state index in [2.05, 4.69) is 37.8 Å². The second-order valence-electron chi connectivity index (χ2n) is 4.78. The van der Waals surface area contributed by atoms with Crippen molar-refractivity contribution >= 4 is 12.2 Å². The highest BCUT2D eigenvalue weighted by Crippen LogP contribution is 2.20. The predicted octanol–water partition coefficient (Wildman–Crippen LogP) is 3.44. The maximum Gasteiger partial charge on any atom is 0.182 e. The molecule has 0 spiro atoms. The first-order valence-electron chi connectivity index (χ1n) is 5.85. The highest BCUT2D eigenvalue weighted by molar-refractivity contribution is 7.71. The highest BCUT2D eigenvalue weighted by Gasteiger charge is 2.11. The Labute approximate surface area is 106 Å². The van der Waals surface area contributed by atoms with E-state index < -0.39 is 0 Å². The summed E-state index contributed by atoms with van der Waals surface area (Å²) in [6.45, 7) is 8.52.